The van der Waals surface area contributed by atoms with Crippen LogP contribution in [0.2, 0.25) is 0 Å². The van der Waals surface area contributed by atoms with Gasteiger partial charge in [0.25, 0.3) is 5.91 Å². The maximum absolute atomic E-state index is 13.4. The van der Waals surface area contributed by atoms with E-state index in [0.717, 1.165) is 0 Å². The molecule has 0 radical (unpaired) electrons. The summed E-state index contributed by atoms with van der Waals surface area (Å²) in [5, 5.41) is 7.63. The summed E-state index contributed by atoms with van der Waals surface area (Å²) in [5.74, 6) is -0.491. The predicted molar refractivity (Wildman–Crippen MR) is 66.1 cm³/mol. The normalized spacial score (nSPS) is 15.4. The van der Waals surface area contributed by atoms with E-state index in [1.165, 1.54) is 6.07 Å². The number of carbonyl (C=O) groups excluding carboxylic acids is 1. The standard InChI is InChI=1S/C13H13FN4O/c1-9-2-3-10(6-12(9)14)13(19)17-7-11(8-17)18-5-4-15-16-18/h2-6,11H,7-8H2,1H3. The van der Waals surface area contributed by atoms with E-state index in [9.17, 15) is 9.18 Å². The lowest BCUT2D eigenvalue weighted by molar-refractivity contribution is 0.0498. The van der Waals surface area contributed by atoms with E-state index in [2.05, 4.69) is 10.3 Å². The Labute approximate surface area is 109 Å². The second kappa shape index (κ2) is 4.46. The Bertz CT molecular complexity index is 605. The van der Waals surface area contributed by atoms with Gasteiger partial charge in [0.15, 0.2) is 0 Å². The molecule has 19 heavy (non-hydrogen) atoms. The van der Waals surface area contributed by atoms with Crippen molar-refractivity contribution in [3.63, 3.8) is 0 Å². The monoisotopic (exact) mass is 260 g/mol. The third kappa shape index (κ3) is 2.09. The Balaban J connectivity index is 1.68. The Morgan fingerprint density at radius 1 is 1.42 bits per heavy atom. The van der Waals surface area contributed by atoms with Gasteiger partial charge in [0, 0.05) is 24.8 Å². The highest BCUT2D eigenvalue weighted by atomic mass is 19.1. The Morgan fingerprint density at radius 2 is 2.21 bits per heavy atom. The largest absolute Gasteiger partial charge is 0.334 e. The lowest BCUT2D eigenvalue weighted by atomic mass is 10.1. The molecular formula is C13H13FN4O. The molecule has 0 N–H and O–H groups in total. The Hall–Kier alpha value is -2.24. The van der Waals surface area contributed by atoms with Crippen molar-refractivity contribution in [3.05, 3.63) is 47.5 Å². The number of halogens is 1. The molecule has 3 rings (SSSR count). The van der Waals surface area contributed by atoms with Crippen LogP contribution in [-0.2, 0) is 0 Å². The predicted octanol–water partition coefficient (Wildman–Crippen LogP) is 1.42. The van der Waals surface area contributed by atoms with Crippen LogP contribution in [0.15, 0.2) is 30.6 Å². The smallest absolute Gasteiger partial charge is 0.254 e. The highest BCUT2D eigenvalue weighted by Gasteiger charge is 2.33. The molecule has 1 aromatic carbocycles. The molecule has 2 aromatic rings. The van der Waals surface area contributed by atoms with Crippen molar-refractivity contribution in [2.24, 2.45) is 0 Å². The molecule has 0 unspecified atom stereocenters. The van der Waals surface area contributed by atoms with E-state index < -0.39 is 0 Å². The molecule has 0 aliphatic carbocycles. The molecule has 0 atom stereocenters. The average Bonchev–Trinajstić information content (AvgIpc) is 2.84. The SMILES string of the molecule is Cc1ccc(C(=O)N2CC(n3ccnn3)C2)cc1F. The molecule has 0 bridgehead atoms. The van der Waals surface area contributed by atoms with Crippen molar-refractivity contribution in [2.45, 2.75) is 13.0 Å². The molecule has 6 heteroatoms. The van der Waals surface area contributed by atoms with Crippen LogP contribution in [0.5, 0.6) is 0 Å². The van der Waals surface area contributed by atoms with Crippen molar-refractivity contribution < 1.29 is 9.18 Å². The molecule has 1 saturated heterocycles. The molecule has 0 saturated carbocycles. The number of benzene rings is 1. The highest BCUT2D eigenvalue weighted by molar-refractivity contribution is 5.94. The van der Waals surface area contributed by atoms with Crippen molar-refractivity contribution in [1.82, 2.24) is 19.9 Å². The van der Waals surface area contributed by atoms with E-state index in [0.29, 0.717) is 24.2 Å². The lowest BCUT2D eigenvalue weighted by Crippen LogP contribution is -2.50. The summed E-state index contributed by atoms with van der Waals surface area (Å²) in [5.41, 5.74) is 0.931. The van der Waals surface area contributed by atoms with Crippen LogP contribution in [0, 0.1) is 12.7 Å². The first-order valence-electron chi connectivity index (χ1n) is 6.06. The maximum atomic E-state index is 13.4. The Morgan fingerprint density at radius 3 is 2.84 bits per heavy atom. The van der Waals surface area contributed by atoms with Gasteiger partial charge in [-0.25, -0.2) is 9.07 Å². The zero-order valence-corrected chi connectivity index (χ0v) is 10.5. The van der Waals surface area contributed by atoms with Gasteiger partial charge in [0.2, 0.25) is 0 Å². The zero-order valence-electron chi connectivity index (χ0n) is 10.5. The second-order valence-electron chi connectivity index (χ2n) is 4.71. The topological polar surface area (TPSA) is 51.0 Å². The molecule has 1 aromatic heterocycles. The quantitative estimate of drug-likeness (QED) is 0.820. The molecule has 1 aliphatic heterocycles. The lowest BCUT2D eigenvalue weighted by Gasteiger charge is -2.38. The third-order valence-corrected chi connectivity index (χ3v) is 3.38. The number of carbonyl (C=O) groups is 1. The van der Waals surface area contributed by atoms with Crippen molar-refractivity contribution in [1.29, 1.82) is 0 Å². The minimum atomic E-state index is -0.348. The van der Waals surface area contributed by atoms with Gasteiger partial charge < -0.3 is 4.90 Å². The van der Waals surface area contributed by atoms with E-state index >= 15 is 0 Å². The fourth-order valence-electron chi connectivity index (χ4n) is 2.11. The average molecular weight is 260 g/mol. The fraction of sp³-hybridized carbons (Fsp3) is 0.308. The third-order valence-electron chi connectivity index (χ3n) is 3.38. The van der Waals surface area contributed by atoms with E-state index in [-0.39, 0.29) is 17.8 Å². The van der Waals surface area contributed by atoms with Gasteiger partial charge in [-0.1, -0.05) is 11.3 Å². The van der Waals surface area contributed by atoms with Crippen molar-refractivity contribution in [2.75, 3.05) is 13.1 Å². The fourth-order valence-corrected chi connectivity index (χ4v) is 2.11. The number of likely N-dealkylation sites (tertiary alicyclic amines) is 1. The van der Waals surface area contributed by atoms with Gasteiger partial charge in [0.1, 0.15) is 5.82 Å². The van der Waals surface area contributed by atoms with Gasteiger partial charge in [-0.15, -0.1) is 5.10 Å². The van der Waals surface area contributed by atoms with Crippen molar-refractivity contribution >= 4 is 5.91 Å². The number of aryl methyl sites for hydroxylation is 1. The molecule has 0 spiro atoms. The first-order valence-corrected chi connectivity index (χ1v) is 6.06. The van der Waals surface area contributed by atoms with Gasteiger partial charge >= 0.3 is 0 Å². The summed E-state index contributed by atoms with van der Waals surface area (Å²) in [6.07, 6.45) is 3.39. The number of nitrogens with zero attached hydrogens (tertiary/aromatic N) is 4. The number of aromatic nitrogens is 3. The zero-order chi connectivity index (χ0) is 13.4. The minimum Gasteiger partial charge on any atom is -0.334 e. The summed E-state index contributed by atoms with van der Waals surface area (Å²) in [6.45, 7) is 2.84. The first-order chi connectivity index (χ1) is 9.15. The van der Waals surface area contributed by atoms with Gasteiger partial charge in [-0.3, -0.25) is 4.79 Å². The molecule has 1 amide bonds. The van der Waals surface area contributed by atoms with Gasteiger partial charge in [0.05, 0.1) is 12.2 Å². The summed E-state index contributed by atoms with van der Waals surface area (Å²) in [7, 11) is 0. The summed E-state index contributed by atoms with van der Waals surface area (Å²) in [6, 6.07) is 4.74. The van der Waals surface area contributed by atoms with Crippen LogP contribution in [0.4, 0.5) is 4.39 Å². The molecular weight excluding hydrogens is 247 g/mol. The van der Waals surface area contributed by atoms with Crippen LogP contribution >= 0.6 is 0 Å². The highest BCUT2D eigenvalue weighted by Crippen LogP contribution is 2.22. The molecule has 5 nitrogen and oxygen atoms in total. The van der Waals surface area contributed by atoms with Gasteiger partial charge in [-0.05, 0) is 24.6 Å². The number of hydrogen-bond donors (Lipinski definition) is 0. The maximum Gasteiger partial charge on any atom is 0.254 e. The van der Waals surface area contributed by atoms with Crippen LogP contribution in [0.3, 0.4) is 0 Å². The van der Waals surface area contributed by atoms with Crippen LogP contribution in [0.25, 0.3) is 0 Å². The second-order valence-corrected chi connectivity index (χ2v) is 4.71. The van der Waals surface area contributed by atoms with E-state index in [4.69, 9.17) is 0 Å². The summed E-state index contributed by atoms with van der Waals surface area (Å²) in [4.78, 5) is 13.8. The molecule has 1 aliphatic rings. The van der Waals surface area contributed by atoms with Gasteiger partial charge in [-0.2, -0.15) is 0 Å². The number of amides is 1. The minimum absolute atomic E-state index is 0.143. The summed E-state index contributed by atoms with van der Waals surface area (Å²) < 4.78 is 15.2. The number of hydrogen-bond acceptors (Lipinski definition) is 3. The van der Waals surface area contributed by atoms with Crippen LogP contribution in [-0.4, -0.2) is 38.9 Å². The molecule has 2 heterocycles. The number of rotatable bonds is 2. The van der Waals surface area contributed by atoms with E-state index in [1.807, 2.05) is 0 Å². The first kappa shape index (κ1) is 11.8. The van der Waals surface area contributed by atoms with E-state index in [1.54, 1.807) is 41.0 Å². The summed E-state index contributed by atoms with van der Waals surface area (Å²) >= 11 is 0. The van der Waals surface area contributed by atoms with Crippen LogP contribution in [0.1, 0.15) is 22.0 Å². The van der Waals surface area contributed by atoms with Crippen molar-refractivity contribution in [3.8, 4) is 0 Å². The van der Waals surface area contributed by atoms with Crippen LogP contribution < -0.4 is 0 Å². The Kier molecular flexibility index (Phi) is 2.77. The molecule has 98 valence electrons. The molecule has 1 fully saturated rings.